The van der Waals surface area contributed by atoms with Crippen LogP contribution in [0.4, 0.5) is 23.0 Å². The summed E-state index contributed by atoms with van der Waals surface area (Å²) in [5, 5.41) is 14.2. The highest BCUT2D eigenvalue weighted by Gasteiger charge is 2.13. The third kappa shape index (κ3) is 2.92. The number of anilines is 3. The zero-order chi connectivity index (χ0) is 14.0. The number of nitrogens with zero attached hydrogens (tertiary/aromatic N) is 2. The Morgan fingerprint density at radius 1 is 1.37 bits per heavy atom. The predicted octanol–water partition coefficient (Wildman–Crippen LogP) is 3.28. The molecule has 0 radical (unpaired) electrons. The lowest BCUT2D eigenvalue weighted by Crippen LogP contribution is -2.02. The molecule has 19 heavy (non-hydrogen) atoms. The maximum atomic E-state index is 10.6. The molecule has 2 rings (SSSR count). The van der Waals surface area contributed by atoms with E-state index in [-0.39, 0.29) is 11.5 Å². The maximum Gasteiger partial charge on any atom is 0.311 e. The first-order valence-corrected chi connectivity index (χ1v) is 5.79. The molecule has 0 atom stereocenters. The van der Waals surface area contributed by atoms with Crippen molar-refractivity contribution in [1.82, 2.24) is 4.98 Å². The highest BCUT2D eigenvalue weighted by molar-refractivity contribution is 6.30. The van der Waals surface area contributed by atoms with E-state index in [1.807, 2.05) is 13.0 Å². The van der Waals surface area contributed by atoms with Crippen LogP contribution in [0.2, 0.25) is 5.02 Å². The molecule has 1 aromatic carbocycles. The number of hydrogen-bond acceptors (Lipinski definition) is 5. The summed E-state index contributed by atoms with van der Waals surface area (Å²) in [5.41, 5.74) is 7.06. The largest absolute Gasteiger partial charge is 0.378 e. The quantitative estimate of drug-likeness (QED) is 0.664. The molecule has 0 aliphatic heterocycles. The lowest BCUT2D eigenvalue weighted by molar-refractivity contribution is -0.384. The van der Waals surface area contributed by atoms with E-state index in [0.29, 0.717) is 10.8 Å². The third-order valence-electron chi connectivity index (χ3n) is 2.56. The van der Waals surface area contributed by atoms with Crippen LogP contribution in [0.3, 0.4) is 0 Å². The van der Waals surface area contributed by atoms with Crippen molar-refractivity contribution in [2.75, 3.05) is 11.1 Å². The standard InChI is InChI=1S/C12H11ClN4O2/c1-7-2-3-8(13)6-9(7)15-11-5-4-10(17(18)19)12(14)16-11/h2-6H,1H3,(H3,14,15,16). The van der Waals surface area contributed by atoms with Gasteiger partial charge in [0, 0.05) is 16.8 Å². The van der Waals surface area contributed by atoms with Gasteiger partial charge in [0.1, 0.15) is 5.82 Å². The van der Waals surface area contributed by atoms with E-state index >= 15 is 0 Å². The zero-order valence-corrected chi connectivity index (χ0v) is 10.8. The molecule has 0 amide bonds. The van der Waals surface area contributed by atoms with Crippen LogP contribution in [0.5, 0.6) is 0 Å². The molecule has 3 N–H and O–H groups in total. The van der Waals surface area contributed by atoms with Crippen LogP contribution in [0.15, 0.2) is 30.3 Å². The number of nitrogens with two attached hydrogens (primary N) is 1. The van der Waals surface area contributed by atoms with Crippen LogP contribution in [0.1, 0.15) is 5.56 Å². The molecule has 0 bridgehead atoms. The van der Waals surface area contributed by atoms with Gasteiger partial charge in [-0.15, -0.1) is 0 Å². The molecule has 0 unspecified atom stereocenters. The van der Waals surface area contributed by atoms with Gasteiger partial charge in [-0.2, -0.15) is 0 Å². The van der Waals surface area contributed by atoms with Gasteiger partial charge in [0.05, 0.1) is 4.92 Å². The second kappa shape index (κ2) is 5.11. The number of aromatic nitrogens is 1. The zero-order valence-electron chi connectivity index (χ0n) is 10.1. The van der Waals surface area contributed by atoms with Crippen molar-refractivity contribution in [2.24, 2.45) is 0 Å². The predicted molar refractivity (Wildman–Crippen MR) is 74.8 cm³/mol. The minimum atomic E-state index is -0.573. The average Bonchev–Trinajstić information content (AvgIpc) is 2.33. The van der Waals surface area contributed by atoms with Gasteiger partial charge < -0.3 is 11.1 Å². The Bertz CT molecular complexity index is 646. The molecule has 7 heteroatoms. The number of pyridine rings is 1. The molecule has 0 aliphatic carbocycles. The Morgan fingerprint density at radius 3 is 2.74 bits per heavy atom. The van der Waals surface area contributed by atoms with Gasteiger partial charge in [0.25, 0.3) is 0 Å². The van der Waals surface area contributed by atoms with E-state index in [2.05, 4.69) is 10.3 Å². The minimum Gasteiger partial charge on any atom is -0.378 e. The highest BCUT2D eigenvalue weighted by atomic mass is 35.5. The topological polar surface area (TPSA) is 94.1 Å². The summed E-state index contributed by atoms with van der Waals surface area (Å²) in [6.07, 6.45) is 0. The summed E-state index contributed by atoms with van der Waals surface area (Å²) in [6, 6.07) is 8.19. The van der Waals surface area contributed by atoms with E-state index in [4.69, 9.17) is 17.3 Å². The smallest absolute Gasteiger partial charge is 0.311 e. The average molecular weight is 279 g/mol. The lowest BCUT2D eigenvalue weighted by atomic mass is 10.2. The summed E-state index contributed by atoms with van der Waals surface area (Å²) in [7, 11) is 0. The summed E-state index contributed by atoms with van der Waals surface area (Å²) in [5.74, 6) is 0.295. The van der Waals surface area contributed by atoms with E-state index in [1.165, 1.54) is 12.1 Å². The Kier molecular flexibility index (Phi) is 3.52. The number of hydrogen-bond donors (Lipinski definition) is 2. The Hall–Kier alpha value is -2.34. The first-order chi connectivity index (χ1) is 8.97. The molecule has 0 spiro atoms. The number of benzene rings is 1. The first kappa shape index (κ1) is 13.1. The summed E-state index contributed by atoms with van der Waals surface area (Å²) in [4.78, 5) is 14.0. The highest BCUT2D eigenvalue weighted by Crippen LogP contribution is 2.26. The number of nitro groups is 1. The van der Waals surface area contributed by atoms with Crippen molar-refractivity contribution < 1.29 is 4.92 Å². The van der Waals surface area contributed by atoms with Crippen LogP contribution in [-0.4, -0.2) is 9.91 Å². The summed E-state index contributed by atoms with van der Waals surface area (Å²) in [6.45, 7) is 1.91. The number of rotatable bonds is 3. The van der Waals surface area contributed by atoms with Gasteiger partial charge in [-0.25, -0.2) is 4.98 Å². The molecule has 1 heterocycles. The number of halogens is 1. The normalized spacial score (nSPS) is 10.2. The van der Waals surface area contributed by atoms with E-state index < -0.39 is 4.92 Å². The van der Waals surface area contributed by atoms with Gasteiger partial charge >= 0.3 is 5.69 Å². The van der Waals surface area contributed by atoms with Crippen molar-refractivity contribution in [3.05, 3.63) is 51.0 Å². The molecule has 1 aromatic heterocycles. The van der Waals surface area contributed by atoms with Gasteiger partial charge in [0.15, 0.2) is 0 Å². The fourth-order valence-electron chi connectivity index (χ4n) is 1.56. The van der Waals surface area contributed by atoms with E-state index in [0.717, 1.165) is 11.3 Å². The molecule has 0 aliphatic rings. The maximum absolute atomic E-state index is 10.6. The molecule has 0 saturated carbocycles. The molecule has 0 fully saturated rings. The lowest BCUT2D eigenvalue weighted by Gasteiger charge is -2.09. The van der Waals surface area contributed by atoms with Crippen molar-refractivity contribution in [3.63, 3.8) is 0 Å². The van der Waals surface area contributed by atoms with Crippen molar-refractivity contribution in [2.45, 2.75) is 6.92 Å². The fraction of sp³-hybridized carbons (Fsp3) is 0.0833. The Labute approximate surface area is 114 Å². The van der Waals surface area contributed by atoms with Gasteiger partial charge in [0.2, 0.25) is 5.82 Å². The molecule has 6 nitrogen and oxygen atoms in total. The van der Waals surface area contributed by atoms with Crippen molar-refractivity contribution in [3.8, 4) is 0 Å². The third-order valence-corrected chi connectivity index (χ3v) is 2.80. The van der Waals surface area contributed by atoms with Gasteiger partial charge in [-0.05, 0) is 30.7 Å². The SMILES string of the molecule is Cc1ccc(Cl)cc1Nc1ccc([N+](=O)[O-])c(N)n1. The van der Waals surface area contributed by atoms with Crippen LogP contribution in [0.25, 0.3) is 0 Å². The van der Waals surface area contributed by atoms with E-state index in [1.54, 1.807) is 12.1 Å². The fourth-order valence-corrected chi connectivity index (χ4v) is 1.73. The Morgan fingerprint density at radius 2 is 2.11 bits per heavy atom. The summed E-state index contributed by atoms with van der Waals surface area (Å²) < 4.78 is 0. The van der Waals surface area contributed by atoms with E-state index in [9.17, 15) is 10.1 Å². The molecular weight excluding hydrogens is 268 g/mol. The van der Waals surface area contributed by atoms with Crippen LogP contribution in [-0.2, 0) is 0 Å². The Balaban J connectivity index is 2.31. The second-order valence-electron chi connectivity index (χ2n) is 3.94. The number of aryl methyl sites for hydroxylation is 1. The monoisotopic (exact) mass is 278 g/mol. The molecular formula is C12H11ClN4O2. The number of nitrogens with one attached hydrogen (secondary N) is 1. The van der Waals surface area contributed by atoms with Crippen molar-refractivity contribution >= 4 is 34.6 Å². The molecule has 0 saturated heterocycles. The van der Waals surface area contributed by atoms with Crippen LogP contribution in [0, 0.1) is 17.0 Å². The van der Waals surface area contributed by atoms with Gasteiger partial charge in [-0.1, -0.05) is 17.7 Å². The first-order valence-electron chi connectivity index (χ1n) is 5.41. The number of nitrogen functional groups attached to an aromatic ring is 1. The van der Waals surface area contributed by atoms with Crippen molar-refractivity contribution in [1.29, 1.82) is 0 Å². The second-order valence-corrected chi connectivity index (χ2v) is 4.38. The summed E-state index contributed by atoms with van der Waals surface area (Å²) >= 11 is 5.91. The van der Waals surface area contributed by atoms with Crippen LogP contribution >= 0.6 is 11.6 Å². The molecule has 98 valence electrons. The van der Waals surface area contributed by atoms with Crippen LogP contribution < -0.4 is 11.1 Å². The molecule has 2 aromatic rings. The van der Waals surface area contributed by atoms with Gasteiger partial charge in [-0.3, -0.25) is 10.1 Å². The minimum absolute atomic E-state index is 0.130.